The molecular formula is C28H29FN6O5S. The lowest BCUT2D eigenvalue weighted by atomic mass is 10.0. The van der Waals surface area contributed by atoms with Gasteiger partial charge in [-0.05, 0) is 57.9 Å². The summed E-state index contributed by atoms with van der Waals surface area (Å²) in [4.78, 5) is 46.3. The number of pyridine rings is 1. The number of hydrogen-bond donors (Lipinski definition) is 1. The lowest BCUT2D eigenvalue weighted by Gasteiger charge is -2.39. The first-order chi connectivity index (χ1) is 19.4. The van der Waals surface area contributed by atoms with Gasteiger partial charge in [0, 0.05) is 42.0 Å². The third kappa shape index (κ3) is 5.89. The summed E-state index contributed by atoms with van der Waals surface area (Å²) in [5.74, 6) is -2.32. The van der Waals surface area contributed by atoms with Crippen molar-refractivity contribution in [3.8, 4) is 11.3 Å². The number of aryl methyl sites for hydroxylation is 1. The Morgan fingerprint density at radius 3 is 2.63 bits per heavy atom. The van der Waals surface area contributed by atoms with Gasteiger partial charge in [-0.3, -0.25) is 14.4 Å². The minimum Gasteiger partial charge on any atom is -0.477 e. The molecule has 0 radical (unpaired) electrons. The molecule has 1 atom stereocenters. The van der Waals surface area contributed by atoms with Crippen LogP contribution in [0.3, 0.4) is 0 Å². The molecule has 1 fully saturated rings. The van der Waals surface area contributed by atoms with E-state index in [4.69, 9.17) is 4.74 Å². The zero-order valence-electron chi connectivity index (χ0n) is 23.0. The fraction of sp³-hybridized carbons (Fsp3) is 0.357. The van der Waals surface area contributed by atoms with E-state index >= 15 is 4.39 Å². The van der Waals surface area contributed by atoms with E-state index in [0.29, 0.717) is 40.7 Å². The van der Waals surface area contributed by atoms with Crippen molar-refractivity contribution in [2.24, 2.45) is 7.05 Å². The van der Waals surface area contributed by atoms with Gasteiger partial charge in [0.1, 0.15) is 27.8 Å². The number of aromatic nitrogens is 4. The van der Waals surface area contributed by atoms with Gasteiger partial charge >= 0.3 is 12.1 Å². The van der Waals surface area contributed by atoms with Crippen LogP contribution >= 0.6 is 11.3 Å². The van der Waals surface area contributed by atoms with E-state index < -0.39 is 35.4 Å². The number of rotatable bonds is 5. The van der Waals surface area contributed by atoms with Crippen molar-refractivity contribution in [1.29, 1.82) is 0 Å². The van der Waals surface area contributed by atoms with Crippen LogP contribution in [0, 0.1) is 5.82 Å². The van der Waals surface area contributed by atoms with E-state index in [1.165, 1.54) is 38.9 Å². The summed E-state index contributed by atoms with van der Waals surface area (Å²) < 4.78 is 23.2. The van der Waals surface area contributed by atoms with Crippen LogP contribution < -0.4 is 4.90 Å². The number of carbonyl (C=O) groups excluding carboxylic acids is 2. The highest BCUT2D eigenvalue weighted by molar-refractivity contribution is 7.20. The number of aromatic carboxylic acids is 1. The Labute approximate surface area is 239 Å². The third-order valence-electron chi connectivity index (χ3n) is 6.59. The number of piperidine rings is 1. The number of carboxylic acids is 1. The third-order valence-corrected chi connectivity index (χ3v) is 7.68. The summed E-state index contributed by atoms with van der Waals surface area (Å²) in [6, 6.07) is 6.77. The molecule has 2 amide bonds. The van der Waals surface area contributed by atoms with Crippen LogP contribution in [-0.4, -0.2) is 72.7 Å². The molecule has 1 saturated heterocycles. The molecule has 1 aliphatic heterocycles. The number of thiophene rings is 1. The van der Waals surface area contributed by atoms with Crippen molar-refractivity contribution in [3.63, 3.8) is 0 Å². The van der Waals surface area contributed by atoms with E-state index in [-0.39, 0.29) is 22.8 Å². The van der Waals surface area contributed by atoms with Gasteiger partial charge in [0.15, 0.2) is 0 Å². The number of amides is 2. The van der Waals surface area contributed by atoms with E-state index in [1.54, 1.807) is 46.1 Å². The number of nitrogens with zero attached hydrogens (tertiary/aromatic N) is 6. The zero-order valence-corrected chi connectivity index (χ0v) is 23.8. The highest BCUT2D eigenvalue weighted by Crippen LogP contribution is 2.35. The molecule has 0 unspecified atom stereocenters. The quantitative estimate of drug-likeness (QED) is 0.350. The molecule has 41 heavy (non-hydrogen) atoms. The Kier molecular flexibility index (Phi) is 7.47. The van der Waals surface area contributed by atoms with Gasteiger partial charge in [-0.25, -0.2) is 19.0 Å². The second-order valence-corrected chi connectivity index (χ2v) is 11.9. The lowest BCUT2D eigenvalue weighted by Crippen LogP contribution is -2.53. The standard InChI is InChI=1S/C28H29FN6O5S/c1-28(2,3)40-27(39)34-11-5-6-17(14-34)35(24-19-13-23(26(37)38)41-22(19)9-10-30-24)25(36)18-8-7-16(12-20(18)29)21-15-33(4)32-31-21/h7-10,12-13,15,17H,5-6,11,14H2,1-4H3,(H,37,38)/t17-/m1/s1. The molecule has 1 N–H and O–H groups in total. The van der Waals surface area contributed by atoms with Crippen molar-refractivity contribution >= 4 is 45.2 Å². The average Bonchev–Trinajstić information content (AvgIpc) is 3.55. The van der Waals surface area contributed by atoms with Crippen LogP contribution in [0.2, 0.25) is 0 Å². The van der Waals surface area contributed by atoms with Crippen molar-refractivity contribution in [2.75, 3.05) is 18.0 Å². The zero-order chi connectivity index (χ0) is 29.5. The number of hydrogen-bond acceptors (Lipinski definition) is 8. The number of carbonyl (C=O) groups is 3. The van der Waals surface area contributed by atoms with Crippen LogP contribution in [0.4, 0.5) is 15.0 Å². The predicted molar refractivity (Wildman–Crippen MR) is 151 cm³/mol. The molecule has 1 aromatic carbocycles. The molecule has 1 aliphatic rings. The molecule has 11 nitrogen and oxygen atoms in total. The van der Waals surface area contributed by atoms with Crippen LogP contribution in [0.1, 0.15) is 53.6 Å². The number of carboxylic acid groups (broad SMARTS) is 1. The molecular weight excluding hydrogens is 551 g/mol. The van der Waals surface area contributed by atoms with Gasteiger partial charge in [-0.15, -0.1) is 16.4 Å². The highest BCUT2D eigenvalue weighted by Gasteiger charge is 2.36. The molecule has 0 aliphatic carbocycles. The summed E-state index contributed by atoms with van der Waals surface area (Å²) in [7, 11) is 1.70. The van der Waals surface area contributed by atoms with Crippen LogP contribution in [0.15, 0.2) is 42.7 Å². The summed E-state index contributed by atoms with van der Waals surface area (Å²) >= 11 is 1.06. The number of ether oxygens (including phenoxy) is 1. The fourth-order valence-corrected chi connectivity index (χ4v) is 5.69. The molecule has 0 saturated carbocycles. The van der Waals surface area contributed by atoms with Crippen molar-refractivity contribution in [2.45, 2.75) is 45.3 Å². The van der Waals surface area contributed by atoms with E-state index in [0.717, 1.165) is 11.3 Å². The van der Waals surface area contributed by atoms with Crippen molar-refractivity contribution in [1.82, 2.24) is 24.9 Å². The topological polar surface area (TPSA) is 131 Å². The molecule has 0 spiro atoms. The van der Waals surface area contributed by atoms with Gasteiger partial charge in [-0.1, -0.05) is 11.3 Å². The highest BCUT2D eigenvalue weighted by atomic mass is 32.1. The van der Waals surface area contributed by atoms with Crippen molar-refractivity contribution in [3.05, 3.63) is 59.0 Å². The van der Waals surface area contributed by atoms with E-state index in [9.17, 15) is 19.5 Å². The molecule has 4 heterocycles. The molecule has 0 bridgehead atoms. The predicted octanol–water partition coefficient (Wildman–Crippen LogP) is 4.98. The minimum atomic E-state index is -1.10. The second kappa shape index (κ2) is 10.9. The molecule has 13 heteroatoms. The smallest absolute Gasteiger partial charge is 0.410 e. The Morgan fingerprint density at radius 1 is 1.20 bits per heavy atom. The molecule has 4 aromatic rings. The van der Waals surface area contributed by atoms with Crippen LogP contribution in [0.5, 0.6) is 0 Å². The van der Waals surface area contributed by atoms with Gasteiger partial charge in [0.2, 0.25) is 0 Å². The Balaban J connectivity index is 1.57. The maximum atomic E-state index is 15.6. The first-order valence-corrected chi connectivity index (χ1v) is 13.8. The van der Waals surface area contributed by atoms with Crippen molar-refractivity contribution < 1.29 is 28.6 Å². The fourth-order valence-electron chi connectivity index (χ4n) is 4.80. The van der Waals surface area contributed by atoms with Gasteiger partial charge in [0.05, 0.1) is 17.8 Å². The Morgan fingerprint density at radius 2 is 1.98 bits per heavy atom. The summed E-state index contributed by atoms with van der Waals surface area (Å²) in [5, 5.41) is 17.9. The normalized spacial score (nSPS) is 15.6. The second-order valence-electron chi connectivity index (χ2n) is 10.8. The first kappa shape index (κ1) is 28.1. The molecule has 214 valence electrons. The van der Waals surface area contributed by atoms with Gasteiger partial charge in [-0.2, -0.15) is 0 Å². The van der Waals surface area contributed by atoms with Gasteiger partial charge < -0.3 is 14.7 Å². The maximum absolute atomic E-state index is 15.6. The number of halogens is 1. The number of benzene rings is 1. The number of likely N-dealkylation sites (tertiary alicyclic amines) is 1. The molecule has 3 aromatic heterocycles. The lowest BCUT2D eigenvalue weighted by molar-refractivity contribution is 0.0195. The van der Waals surface area contributed by atoms with Crippen LogP contribution in [0.25, 0.3) is 21.3 Å². The Bertz CT molecular complexity index is 1640. The number of anilines is 1. The summed E-state index contributed by atoms with van der Waals surface area (Å²) in [6.07, 6.45) is 3.70. The SMILES string of the molecule is Cn1cc(-c2ccc(C(=O)N(c3nccc4sc(C(=O)O)cc34)[C@@H]3CCCN(C(=O)OC(C)(C)C)C3)c(F)c2)nn1. The van der Waals surface area contributed by atoms with E-state index in [1.807, 2.05) is 0 Å². The summed E-state index contributed by atoms with van der Waals surface area (Å²) in [5.41, 5.74) is 0.00882. The minimum absolute atomic E-state index is 0.0835. The maximum Gasteiger partial charge on any atom is 0.410 e. The van der Waals surface area contributed by atoms with E-state index in [2.05, 4.69) is 15.3 Å². The monoisotopic (exact) mass is 580 g/mol. The largest absolute Gasteiger partial charge is 0.477 e. The summed E-state index contributed by atoms with van der Waals surface area (Å²) in [6.45, 7) is 5.90. The van der Waals surface area contributed by atoms with Crippen LogP contribution in [-0.2, 0) is 11.8 Å². The Hall–Kier alpha value is -4.39. The number of fused-ring (bicyclic) bond motifs is 1. The van der Waals surface area contributed by atoms with Gasteiger partial charge in [0.25, 0.3) is 5.91 Å². The first-order valence-electron chi connectivity index (χ1n) is 13.0. The average molecular weight is 581 g/mol. The molecule has 5 rings (SSSR count).